The number of anilines is 1. The number of hydrogen-bond acceptors (Lipinski definition) is 7. The molecule has 0 radical (unpaired) electrons. The zero-order valence-corrected chi connectivity index (χ0v) is 15.4. The normalized spacial score (nSPS) is 10.7. The topological polar surface area (TPSA) is 93.8 Å². The van der Waals surface area contributed by atoms with E-state index in [1.54, 1.807) is 23.5 Å². The molecule has 0 saturated carbocycles. The maximum absolute atomic E-state index is 11.0. The second-order valence-corrected chi connectivity index (χ2v) is 6.98. The fourth-order valence-corrected chi connectivity index (χ4v) is 3.33. The molecule has 1 N–H and O–H groups in total. The second kappa shape index (κ2) is 8.01. The summed E-state index contributed by atoms with van der Waals surface area (Å²) in [6.45, 7) is 4.71. The van der Waals surface area contributed by atoms with Crippen LogP contribution >= 0.6 is 11.3 Å². The van der Waals surface area contributed by atoms with Crippen molar-refractivity contribution in [3.8, 4) is 11.4 Å². The van der Waals surface area contributed by atoms with E-state index < -0.39 is 4.92 Å². The van der Waals surface area contributed by atoms with Crippen molar-refractivity contribution in [1.29, 1.82) is 0 Å². The van der Waals surface area contributed by atoms with E-state index in [1.165, 1.54) is 17.0 Å². The molecule has 3 aromatic rings. The minimum Gasteiger partial charge on any atom is -0.370 e. The first-order valence-corrected chi connectivity index (χ1v) is 9.14. The second-order valence-electron chi connectivity index (χ2n) is 5.78. The number of thiazole rings is 1. The molecule has 0 saturated heterocycles. The number of nitrogens with one attached hydrogen (secondary N) is 1. The summed E-state index contributed by atoms with van der Waals surface area (Å²) in [5.74, 6) is 1.17. The van der Waals surface area contributed by atoms with Crippen LogP contribution in [-0.4, -0.2) is 26.4 Å². The van der Waals surface area contributed by atoms with Gasteiger partial charge in [0, 0.05) is 53.5 Å². The van der Waals surface area contributed by atoms with Crippen LogP contribution in [0, 0.1) is 17.0 Å². The van der Waals surface area contributed by atoms with Crippen molar-refractivity contribution in [3.05, 3.63) is 62.2 Å². The minimum atomic E-state index is -0.420. The average Bonchev–Trinajstić information content (AvgIpc) is 3.09. The van der Waals surface area contributed by atoms with Gasteiger partial charge >= 0.3 is 0 Å². The summed E-state index contributed by atoms with van der Waals surface area (Å²) < 4.78 is 0. The predicted molar refractivity (Wildman–Crippen MR) is 103 cm³/mol. The molecule has 0 atom stereocenters. The van der Waals surface area contributed by atoms with Crippen LogP contribution in [-0.2, 0) is 12.8 Å². The SMILES string of the molecule is CCc1cnc(CCNc2cc(C)nc(-c3cccc([N+](=O)[O-])c3)n2)s1. The largest absolute Gasteiger partial charge is 0.370 e. The van der Waals surface area contributed by atoms with E-state index in [1.807, 2.05) is 19.2 Å². The fraction of sp³-hybridized carbons (Fsp3) is 0.278. The highest BCUT2D eigenvalue weighted by Gasteiger charge is 2.10. The number of aryl methyl sites for hydroxylation is 2. The van der Waals surface area contributed by atoms with Crippen molar-refractivity contribution in [2.24, 2.45) is 0 Å². The maximum atomic E-state index is 11.0. The molecule has 0 fully saturated rings. The molecule has 1 aromatic carbocycles. The van der Waals surface area contributed by atoms with Crippen molar-refractivity contribution in [2.75, 3.05) is 11.9 Å². The molecule has 134 valence electrons. The van der Waals surface area contributed by atoms with E-state index in [4.69, 9.17) is 0 Å². The molecular weight excluding hydrogens is 350 g/mol. The Morgan fingerprint density at radius 1 is 1.27 bits per heavy atom. The Labute approximate surface area is 155 Å². The fourth-order valence-electron chi connectivity index (χ4n) is 2.47. The summed E-state index contributed by atoms with van der Waals surface area (Å²) >= 11 is 1.73. The molecule has 0 bridgehead atoms. The van der Waals surface area contributed by atoms with Gasteiger partial charge in [0.15, 0.2) is 5.82 Å². The molecule has 0 aliphatic carbocycles. The lowest BCUT2D eigenvalue weighted by molar-refractivity contribution is -0.384. The van der Waals surface area contributed by atoms with Crippen molar-refractivity contribution < 1.29 is 4.92 Å². The molecule has 3 rings (SSSR count). The van der Waals surface area contributed by atoms with Crippen LogP contribution in [0.5, 0.6) is 0 Å². The molecule has 2 aromatic heterocycles. The Morgan fingerprint density at radius 3 is 2.85 bits per heavy atom. The first kappa shape index (κ1) is 17.9. The van der Waals surface area contributed by atoms with Gasteiger partial charge in [0.25, 0.3) is 5.69 Å². The summed E-state index contributed by atoms with van der Waals surface area (Å²) in [5.41, 5.74) is 1.45. The summed E-state index contributed by atoms with van der Waals surface area (Å²) in [4.78, 5) is 25.1. The summed E-state index contributed by atoms with van der Waals surface area (Å²) in [5, 5.41) is 15.4. The molecule has 26 heavy (non-hydrogen) atoms. The van der Waals surface area contributed by atoms with Crippen LogP contribution < -0.4 is 5.32 Å². The minimum absolute atomic E-state index is 0.0256. The number of benzene rings is 1. The van der Waals surface area contributed by atoms with Crippen molar-refractivity contribution >= 4 is 22.8 Å². The third-order valence-electron chi connectivity index (χ3n) is 3.76. The van der Waals surface area contributed by atoms with Crippen LogP contribution in [0.4, 0.5) is 11.5 Å². The maximum Gasteiger partial charge on any atom is 0.270 e. The Morgan fingerprint density at radius 2 is 2.12 bits per heavy atom. The molecule has 0 amide bonds. The van der Waals surface area contributed by atoms with Crippen molar-refractivity contribution in [1.82, 2.24) is 15.0 Å². The third kappa shape index (κ3) is 4.40. The number of aromatic nitrogens is 3. The van der Waals surface area contributed by atoms with E-state index in [0.717, 1.165) is 23.5 Å². The third-order valence-corrected chi connectivity index (χ3v) is 4.97. The van der Waals surface area contributed by atoms with Gasteiger partial charge in [0.2, 0.25) is 0 Å². The van der Waals surface area contributed by atoms with Gasteiger partial charge in [0.05, 0.1) is 9.93 Å². The van der Waals surface area contributed by atoms with Gasteiger partial charge in [-0.2, -0.15) is 0 Å². The lowest BCUT2D eigenvalue weighted by atomic mass is 10.2. The number of hydrogen-bond donors (Lipinski definition) is 1. The van der Waals surface area contributed by atoms with Crippen LogP contribution in [0.3, 0.4) is 0 Å². The van der Waals surface area contributed by atoms with Gasteiger partial charge in [-0.25, -0.2) is 15.0 Å². The first-order chi connectivity index (χ1) is 12.5. The van der Waals surface area contributed by atoms with Crippen LogP contribution in [0.1, 0.15) is 22.5 Å². The van der Waals surface area contributed by atoms with E-state index in [0.29, 0.717) is 23.8 Å². The highest BCUT2D eigenvalue weighted by molar-refractivity contribution is 7.11. The number of rotatable bonds is 7. The Hall–Kier alpha value is -2.87. The number of non-ortho nitro benzene ring substituents is 1. The van der Waals surface area contributed by atoms with E-state index in [-0.39, 0.29) is 5.69 Å². The quantitative estimate of drug-likeness (QED) is 0.499. The monoisotopic (exact) mass is 369 g/mol. The molecule has 0 spiro atoms. The molecule has 2 heterocycles. The molecular formula is C18H19N5O2S. The van der Waals surface area contributed by atoms with Gasteiger partial charge in [-0.1, -0.05) is 19.1 Å². The van der Waals surface area contributed by atoms with E-state index >= 15 is 0 Å². The predicted octanol–water partition coefficient (Wildman–Crippen LogP) is 4.03. The molecule has 7 nitrogen and oxygen atoms in total. The van der Waals surface area contributed by atoms with Gasteiger partial charge in [-0.15, -0.1) is 11.3 Å². The van der Waals surface area contributed by atoms with Crippen molar-refractivity contribution in [3.63, 3.8) is 0 Å². The molecule has 0 aliphatic rings. The Bertz CT molecular complexity index is 925. The molecule has 0 unspecified atom stereocenters. The van der Waals surface area contributed by atoms with Gasteiger partial charge in [-0.3, -0.25) is 10.1 Å². The average molecular weight is 369 g/mol. The van der Waals surface area contributed by atoms with Gasteiger partial charge in [-0.05, 0) is 13.3 Å². The van der Waals surface area contributed by atoms with Crippen LogP contribution in [0.2, 0.25) is 0 Å². The molecule has 0 aliphatic heterocycles. The van der Waals surface area contributed by atoms with Crippen LogP contribution in [0.15, 0.2) is 36.5 Å². The standard InChI is InChI=1S/C18H19N5O2S/c1-3-15-11-20-17(26-15)7-8-19-16-9-12(2)21-18(22-16)13-5-4-6-14(10-13)23(24)25/h4-6,9-11H,3,7-8H2,1-2H3,(H,19,21,22). The van der Waals surface area contributed by atoms with E-state index in [9.17, 15) is 10.1 Å². The highest BCUT2D eigenvalue weighted by atomic mass is 32.1. The zero-order valence-electron chi connectivity index (χ0n) is 14.6. The summed E-state index contributed by atoms with van der Waals surface area (Å²) in [7, 11) is 0. The Kier molecular flexibility index (Phi) is 5.52. The smallest absolute Gasteiger partial charge is 0.270 e. The lowest BCUT2D eigenvalue weighted by Gasteiger charge is -2.08. The van der Waals surface area contributed by atoms with Crippen LogP contribution in [0.25, 0.3) is 11.4 Å². The zero-order chi connectivity index (χ0) is 18.5. The molecule has 8 heteroatoms. The lowest BCUT2D eigenvalue weighted by Crippen LogP contribution is -2.07. The van der Waals surface area contributed by atoms with Crippen molar-refractivity contribution in [2.45, 2.75) is 26.7 Å². The van der Waals surface area contributed by atoms with Gasteiger partial charge < -0.3 is 5.32 Å². The summed E-state index contributed by atoms with van der Waals surface area (Å²) in [6.07, 6.45) is 3.75. The summed E-state index contributed by atoms with van der Waals surface area (Å²) in [6, 6.07) is 8.21. The number of nitro groups is 1. The number of nitrogens with zero attached hydrogens (tertiary/aromatic N) is 4. The first-order valence-electron chi connectivity index (χ1n) is 8.33. The highest BCUT2D eigenvalue weighted by Crippen LogP contribution is 2.22. The van der Waals surface area contributed by atoms with E-state index in [2.05, 4.69) is 27.2 Å². The number of nitro benzene ring substituents is 1. The Balaban J connectivity index is 1.73. The van der Waals surface area contributed by atoms with Gasteiger partial charge in [0.1, 0.15) is 5.82 Å².